The molecule has 0 radical (unpaired) electrons. The summed E-state index contributed by atoms with van der Waals surface area (Å²) in [5, 5.41) is 5.51. The number of carbonyl (C=O) groups excluding carboxylic acids is 1. The van der Waals surface area contributed by atoms with Crippen LogP contribution >= 0.6 is 0 Å². The van der Waals surface area contributed by atoms with E-state index >= 15 is 0 Å². The fourth-order valence-electron chi connectivity index (χ4n) is 3.98. The zero-order chi connectivity index (χ0) is 19.8. The molecule has 3 aromatic rings. The Labute approximate surface area is 164 Å². The van der Waals surface area contributed by atoms with Gasteiger partial charge >= 0.3 is 0 Å². The molecular weight excluding hydrogens is 354 g/mol. The molecule has 0 bridgehead atoms. The highest BCUT2D eigenvalue weighted by atomic mass is 16.2. The van der Waals surface area contributed by atoms with Crippen molar-refractivity contribution in [3.8, 4) is 11.4 Å². The Morgan fingerprint density at radius 1 is 1.25 bits per heavy atom. The van der Waals surface area contributed by atoms with Crippen molar-refractivity contribution >= 4 is 22.8 Å². The zero-order valence-corrected chi connectivity index (χ0v) is 16.8. The maximum atomic E-state index is 12.1. The Kier molecular flexibility index (Phi) is 4.70. The first-order chi connectivity index (χ1) is 13.5. The van der Waals surface area contributed by atoms with Crippen LogP contribution in [0, 0.1) is 12.8 Å². The van der Waals surface area contributed by atoms with Crippen LogP contribution < -0.4 is 4.90 Å². The van der Waals surface area contributed by atoms with E-state index in [4.69, 9.17) is 9.97 Å². The highest BCUT2D eigenvalue weighted by Gasteiger charge is 2.30. The summed E-state index contributed by atoms with van der Waals surface area (Å²) >= 11 is 0. The Morgan fingerprint density at radius 3 is 2.68 bits per heavy atom. The second-order valence-corrected chi connectivity index (χ2v) is 7.40. The van der Waals surface area contributed by atoms with Gasteiger partial charge in [-0.15, -0.1) is 0 Å². The molecule has 1 saturated heterocycles. The van der Waals surface area contributed by atoms with Gasteiger partial charge in [-0.2, -0.15) is 5.10 Å². The number of aryl methyl sites for hydroxylation is 2. The predicted octanol–water partition coefficient (Wildman–Crippen LogP) is 2.04. The summed E-state index contributed by atoms with van der Waals surface area (Å²) in [5.74, 6) is 2.04. The summed E-state index contributed by atoms with van der Waals surface area (Å²) in [6.07, 6.45) is 4.07. The number of hydrogen-bond acceptors (Lipinski definition) is 6. The van der Waals surface area contributed by atoms with Crippen molar-refractivity contribution in [2.75, 3.05) is 31.6 Å². The molecule has 1 aliphatic rings. The zero-order valence-electron chi connectivity index (χ0n) is 16.8. The number of carbonyl (C=O) groups is 1. The van der Waals surface area contributed by atoms with E-state index in [0.29, 0.717) is 18.2 Å². The lowest BCUT2D eigenvalue weighted by molar-refractivity contribution is -0.127. The fourth-order valence-corrected chi connectivity index (χ4v) is 3.98. The van der Waals surface area contributed by atoms with Crippen molar-refractivity contribution in [1.29, 1.82) is 0 Å². The largest absolute Gasteiger partial charge is 0.359 e. The highest BCUT2D eigenvalue weighted by Crippen LogP contribution is 2.30. The monoisotopic (exact) mass is 379 g/mol. The molecule has 0 N–H and O–H groups in total. The average molecular weight is 379 g/mol. The topological polar surface area (TPSA) is 80.0 Å². The minimum absolute atomic E-state index is 0.240. The highest BCUT2D eigenvalue weighted by molar-refractivity contribution is 5.91. The predicted molar refractivity (Wildman–Crippen MR) is 108 cm³/mol. The summed E-state index contributed by atoms with van der Waals surface area (Å²) in [4.78, 5) is 29.9. The molecule has 3 aromatic heterocycles. The van der Waals surface area contributed by atoms with E-state index in [1.165, 1.54) is 0 Å². The van der Waals surface area contributed by atoms with Crippen LogP contribution in [-0.4, -0.2) is 62.2 Å². The Hall–Kier alpha value is -3.03. The maximum Gasteiger partial charge on any atom is 0.222 e. The lowest BCUT2D eigenvalue weighted by atomic mass is 10.1. The lowest BCUT2D eigenvalue weighted by Gasteiger charge is -2.23. The molecule has 0 unspecified atom stereocenters. The van der Waals surface area contributed by atoms with Gasteiger partial charge in [0, 0.05) is 64.0 Å². The Balaban J connectivity index is 1.73. The van der Waals surface area contributed by atoms with Crippen LogP contribution in [0.3, 0.4) is 0 Å². The number of fused-ring (bicyclic) bond motifs is 1. The quantitative estimate of drug-likeness (QED) is 0.675. The third kappa shape index (κ3) is 3.19. The molecule has 4 heterocycles. The molecule has 0 aliphatic carbocycles. The minimum atomic E-state index is 0.240. The lowest BCUT2D eigenvalue weighted by Crippen LogP contribution is -2.29. The first-order valence-corrected chi connectivity index (χ1v) is 9.58. The van der Waals surface area contributed by atoms with Crippen molar-refractivity contribution in [3.05, 3.63) is 30.2 Å². The van der Waals surface area contributed by atoms with E-state index in [1.54, 1.807) is 17.1 Å². The molecule has 8 heteroatoms. The molecule has 1 aliphatic heterocycles. The van der Waals surface area contributed by atoms with Gasteiger partial charge in [0.1, 0.15) is 5.82 Å². The van der Waals surface area contributed by atoms with Crippen molar-refractivity contribution < 1.29 is 4.79 Å². The number of hydrogen-bond donors (Lipinski definition) is 0. The molecule has 28 heavy (non-hydrogen) atoms. The number of likely N-dealkylation sites (tertiary alicyclic amines) is 1. The van der Waals surface area contributed by atoms with E-state index in [1.807, 2.05) is 45.0 Å². The normalized spacial score (nSPS) is 16.9. The Morgan fingerprint density at radius 2 is 2.00 bits per heavy atom. The molecule has 146 valence electrons. The van der Waals surface area contributed by atoms with Gasteiger partial charge < -0.3 is 9.80 Å². The van der Waals surface area contributed by atoms with Crippen LogP contribution in [0.15, 0.2) is 24.5 Å². The number of nitrogens with zero attached hydrogens (tertiary/aromatic N) is 7. The van der Waals surface area contributed by atoms with Gasteiger partial charge in [0.05, 0.1) is 11.1 Å². The molecular formula is C20H25N7O. The number of rotatable bonds is 5. The van der Waals surface area contributed by atoms with Gasteiger partial charge in [0.25, 0.3) is 0 Å². The van der Waals surface area contributed by atoms with E-state index < -0.39 is 0 Å². The number of anilines is 1. The summed E-state index contributed by atoms with van der Waals surface area (Å²) in [6, 6.07) is 3.81. The molecule has 1 amide bonds. The standard InChI is InChI=1S/C20H25N7O/c1-5-27-12-14(10-16(27)28)11-25(3)19-17-13(2)24-26(4)20(17)23-18(22-19)15-6-8-21-9-7-15/h6-9,14H,5,10-12H2,1-4H3/t14-/m0/s1. The number of pyridine rings is 1. The smallest absolute Gasteiger partial charge is 0.222 e. The van der Waals surface area contributed by atoms with Crippen molar-refractivity contribution in [2.24, 2.45) is 13.0 Å². The van der Waals surface area contributed by atoms with Crippen LogP contribution in [0.2, 0.25) is 0 Å². The van der Waals surface area contributed by atoms with Crippen molar-refractivity contribution in [1.82, 2.24) is 29.6 Å². The average Bonchev–Trinajstić information content (AvgIpc) is 3.20. The van der Waals surface area contributed by atoms with Gasteiger partial charge in [-0.3, -0.25) is 14.5 Å². The molecule has 0 spiro atoms. The summed E-state index contributed by atoms with van der Waals surface area (Å²) in [5.41, 5.74) is 2.62. The SMILES string of the molecule is CCN1C[C@H](CN(C)c2nc(-c3ccncc3)nc3c2c(C)nn3C)CC1=O. The molecule has 1 atom stereocenters. The first kappa shape index (κ1) is 18.3. The summed E-state index contributed by atoms with van der Waals surface area (Å²) in [7, 11) is 3.93. The number of amides is 1. The fraction of sp³-hybridized carbons (Fsp3) is 0.450. The van der Waals surface area contributed by atoms with Gasteiger partial charge in [0.15, 0.2) is 11.5 Å². The van der Waals surface area contributed by atoms with Crippen molar-refractivity contribution in [2.45, 2.75) is 20.3 Å². The third-order valence-electron chi connectivity index (χ3n) is 5.35. The van der Waals surface area contributed by atoms with Crippen LogP contribution in [0.5, 0.6) is 0 Å². The van der Waals surface area contributed by atoms with Crippen LogP contribution in [0.1, 0.15) is 19.0 Å². The molecule has 4 rings (SSSR count). The van der Waals surface area contributed by atoms with E-state index in [2.05, 4.69) is 15.0 Å². The number of aromatic nitrogens is 5. The van der Waals surface area contributed by atoms with E-state index in [-0.39, 0.29) is 5.91 Å². The van der Waals surface area contributed by atoms with Crippen LogP contribution in [-0.2, 0) is 11.8 Å². The molecule has 0 aromatic carbocycles. The van der Waals surface area contributed by atoms with E-state index in [0.717, 1.165) is 47.7 Å². The molecule has 1 fully saturated rings. The van der Waals surface area contributed by atoms with Gasteiger partial charge in [-0.25, -0.2) is 9.97 Å². The first-order valence-electron chi connectivity index (χ1n) is 9.58. The second kappa shape index (κ2) is 7.18. The van der Waals surface area contributed by atoms with E-state index in [9.17, 15) is 4.79 Å². The maximum absolute atomic E-state index is 12.1. The van der Waals surface area contributed by atoms with Gasteiger partial charge in [-0.05, 0) is 26.0 Å². The van der Waals surface area contributed by atoms with Gasteiger partial charge in [0.2, 0.25) is 5.91 Å². The summed E-state index contributed by atoms with van der Waals surface area (Å²) < 4.78 is 1.80. The Bertz CT molecular complexity index is 1010. The van der Waals surface area contributed by atoms with Crippen molar-refractivity contribution in [3.63, 3.8) is 0 Å². The second-order valence-electron chi connectivity index (χ2n) is 7.40. The molecule has 8 nitrogen and oxygen atoms in total. The van der Waals surface area contributed by atoms with Crippen LogP contribution in [0.25, 0.3) is 22.4 Å². The molecule has 0 saturated carbocycles. The third-order valence-corrected chi connectivity index (χ3v) is 5.35. The van der Waals surface area contributed by atoms with Crippen LogP contribution in [0.4, 0.5) is 5.82 Å². The minimum Gasteiger partial charge on any atom is -0.359 e. The summed E-state index contributed by atoms with van der Waals surface area (Å²) in [6.45, 7) is 6.34. The van der Waals surface area contributed by atoms with Gasteiger partial charge in [-0.1, -0.05) is 0 Å².